The molecule has 88 valence electrons. The molecule has 0 aromatic heterocycles. The topological polar surface area (TPSA) is 49.3 Å². The molecule has 1 aliphatic rings. The quantitative estimate of drug-likeness (QED) is 0.730. The van der Waals surface area contributed by atoms with Gasteiger partial charge in [-0.25, -0.2) is 0 Å². The summed E-state index contributed by atoms with van der Waals surface area (Å²) in [6.07, 6.45) is 4.15. The van der Waals surface area contributed by atoms with Crippen LogP contribution in [0.25, 0.3) is 0 Å². The Morgan fingerprint density at radius 2 is 2.07 bits per heavy atom. The van der Waals surface area contributed by atoms with E-state index >= 15 is 0 Å². The summed E-state index contributed by atoms with van der Waals surface area (Å²) in [5, 5.41) is 12.0. The highest BCUT2D eigenvalue weighted by Crippen LogP contribution is 2.44. The number of nitrogens with one attached hydrogen (secondary N) is 1. The second kappa shape index (κ2) is 4.97. The molecule has 1 aliphatic carbocycles. The molecule has 0 aliphatic heterocycles. The maximum absolute atomic E-state index is 12.0. The summed E-state index contributed by atoms with van der Waals surface area (Å²) in [6.45, 7) is 6.12. The third kappa shape index (κ3) is 2.51. The molecule has 0 heterocycles. The lowest BCUT2D eigenvalue weighted by atomic mass is 9.66. The normalized spacial score (nSPS) is 22.7. The summed E-state index contributed by atoms with van der Waals surface area (Å²) < 4.78 is 0. The van der Waals surface area contributed by atoms with Gasteiger partial charge in [-0.2, -0.15) is 0 Å². The van der Waals surface area contributed by atoms with E-state index in [0.717, 1.165) is 19.3 Å². The molecule has 0 saturated heterocycles. The van der Waals surface area contributed by atoms with Gasteiger partial charge in [-0.15, -0.1) is 0 Å². The number of hydrogen-bond acceptors (Lipinski definition) is 2. The molecule has 2 N–H and O–H groups in total. The summed E-state index contributed by atoms with van der Waals surface area (Å²) in [6, 6.07) is 0.0616. The molecule has 15 heavy (non-hydrogen) atoms. The Morgan fingerprint density at radius 3 is 2.40 bits per heavy atom. The van der Waals surface area contributed by atoms with Crippen LogP contribution in [0.1, 0.15) is 46.5 Å². The van der Waals surface area contributed by atoms with Crippen LogP contribution in [0.3, 0.4) is 0 Å². The van der Waals surface area contributed by atoms with Gasteiger partial charge in [0.2, 0.25) is 5.91 Å². The number of carbonyl (C=O) groups excluding carboxylic acids is 1. The van der Waals surface area contributed by atoms with E-state index < -0.39 is 0 Å². The van der Waals surface area contributed by atoms with E-state index in [-0.39, 0.29) is 29.9 Å². The van der Waals surface area contributed by atoms with Crippen molar-refractivity contribution in [2.45, 2.75) is 52.5 Å². The van der Waals surface area contributed by atoms with Crippen molar-refractivity contribution in [1.29, 1.82) is 0 Å². The average Bonchev–Trinajstić information content (AvgIpc) is 2.15. The Bertz CT molecular complexity index is 218. The number of carbonyl (C=O) groups is 1. The highest BCUT2D eigenvalue weighted by Gasteiger charge is 2.42. The molecule has 0 spiro atoms. The van der Waals surface area contributed by atoms with Gasteiger partial charge in [-0.05, 0) is 32.1 Å². The standard InChI is InChI=1S/C12H23NO2/c1-4-12(6-5-7-12)11(15)13-10(3)9(2)8-14/h9-10,14H,4-8H2,1-3H3,(H,13,15). The van der Waals surface area contributed by atoms with Crippen molar-refractivity contribution in [2.75, 3.05) is 6.61 Å². The van der Waals surface area contributed by atoms with E-state index in [0.29, 0.717) is 0 Å². The Balaban J connectivity index is 2.47. The first-order valence-electron chi connectivity index (χ1n) is 5.97. The second-order valence-electron chi connectivity index (χ2n) is 4.91. The molecule has 1 saturated carbocycles. The molecule has 3 heteroatoms. The molecular weight excluding hydrogens is 190 g/mol. The van der Waals surface area contributed by atoms with Crippen molar-refractivity contribution < 1.29 is 9.90 Å². The van der Waals surface area contributed by atoms with Crippen LogP contribution in [0, 0.1) is 11.3 Å². The zero-order valence-electron chi connectivity index (χ0n) is 10.0. The van der Waals surface area contributed by atoms with Crippen LogP contribution in [0.2, 0.25) is 0 Å². The molecule has 2 atom stereocenters. The number of rotatable bonds is 5. The molecule has 1 amide bonds. The third-order valence-corrected chi connectivity index (χ3v) is 3.97. The molecule has 2 unspecified atom stereocenters. The van der Waals surface area contributed by atoms with Gasteiger partial charge >= 0.3 is 0 Å². The molecule has 3 nitrogen and oxygen atoms in total. The Morgan fingerprint density at radius 1 is 1.47 bits per heavy atom. The SMILES string of the molecule is CCC1(C(=O)NC(C)C(C)CO)CCC1. The first-order valence-corrected chi connectivity index (χ1v) is 5.97. The van der Waals surface area contributed by atoms with Gasteiger partial charge in [0.05, 0.1) is 0 Å². The van der Waals surface area contributed by atoms with E-state index in [2.05, 4.69) is 12.2 Å². The maximum atomic E-state index is 12.0. The lowest BCUT2D eigenvalue weighted by Gasteiger charge is -2.40. The lowest BCUT2D eigenvalue weighted by Crippen LogP contribution is -2.49. The zero-order chi connectivity index (χ0) is 11.5. The fourth-order valence-electron chi connectivity index (χ4n) is 2.00. The van der Waals surface area contributed by atoms with Gasteiger partial charge in [-0.1, -0.05) is 20.3 Å². The minimum absolute atomic E-state index is 0.0616. The van der Waals surface area contributed by atoms with Gasteiger partial charge in [0.25, 0.3) is 0 Å². The summed E-state index contributed by atoms with van der Waals surface area (Å²) in [7, 11) is 0. The van der Waals surface area contributed by atoms with Crippen molar-refractivity contribution in [3.05, 3.63) is 0 Å². The monoisotopic (exact) mass is 213 g/mol. The molecular formula is C12H23NO2. The number of amides is 1. The van der Waals surface area contributed by atoms with E-state index in [4.69, 9.17) is 5.11 Å². The number of aliphatic hydroxyl groups excluding tert-OH is 1. The fraction of sp³-hybridized carbons (Fsp3) is 0.917. The lowest BCUT2D eigenvalue weighted by molar-refractivity contribution is -0.137. The van der Waals surface area contributed by atoms with Gasteiger partial charge < -0.3 is 10.4 Å². The van der Waals surface area contributed by atoms with E-state index in [1.807, 2.05) is 13.8 Å². The smallest absolute Gasteiger partial charge is 0.226 e. The van der Waals surface area contributed by atoms with Crippen LogP contribution in [0.15, 0.2) is 0 Å². The first-order chi connectivity index (χ1) is 7.05. The van der Waals surface area contributed by atoms with Gasteiger partial charge in [0.1, 0.15) is 0 Å². The van der Waals surface area contributed by atoms with Crippen molar-refractivity contribution >= 4 is 5.91 Å². The Labute approximate surface area is 92.3 Å². The summed E-state index contributed by atoms with van der Waals surface area (Å²) >= 11 is 0. The van der Waals surface area contributed by atoms with Gasteiger partial charge in [0.15, 0.2) is 0 Å². The number of hydrogen-bond donors (Lipinski definition) is 2. The minimum Gasteiger partial charge on any atom is -0.396 e. The van der Waals surface area contributed by atoms with Crippen LogP contribution < -0.4 is 5.32 Å². The van der Waals surface area contributed by atoms with Crippen LogP contribution in [0.5, 0.6) is 0 Å². The highest BCUT2D eigenvalue weighted by molar-refractivity contribution is 5.83. The molecule has 1 rings (SSSR count). The second-order valence-corrected chi connectivity index (χ2v) is 4.91. The van der Waals surface area contributed by atoms with Crippen molar-refractivity contribution in [3.63, 3.8) is 0 Å². The molecule has 1 fully saturated rings. The molecule has 0 bridgehead atoms. The van der Waals surface area contributed by atoms with Crippen molar-refractivity contribution in [1.82, 2.24) is 5.32 Å². The van der Waals surface area contributed by atoms with Gasteiger partial charge in [-0.3, -0.25) is 4.79 Å². The zero-order valence-corrected chi connectivity index (χ0v) is 10.0. The molecule has 0 aromatic rings. The predicted octanol–water partition coefficient (Wildman–Crippen LogP) is 1.70. The van der Waals surface area contributed by atoms with Crippen LogP contribution in [-0.4, -0.2) is 23.7 Å². The molecule has 0 aromatic carbocycles. The van der Waals surface area contributed by atoms with E-state index in [1.54, 1.807) is 0 Å². The largest absolute Gasteiger partial charge is 0.396 e. The Kier molecular flexibility index (Phi) is 4.14. The maximum Gasteiger partial charge on any atom is 0.226 e. The minimum atomic E-state index is -0.0938. The Hall–Kier alpha value is -0.570. The predicted molar refractivity (Wildman–Crippen MR) is 60.4 cm³/mol. The molecule has 0 radical (unpaired) electrons. The number of aliphatic hydroxyl groups is 1. The van der Waals surface area contributed by atoms with Crippen molar-refractivity contribution in [3.8, 4) is 0 Å². The third-order valence-electron chi connectivity index (χ3n) is 3.97. The summed E-state index contributed by atoms with van der Waals surface area (Å²) in [5.41, 5.74) is -0.0938. The highest BCUT2D eigenvalue weighted by atomic mass is 16.3. The summed E-state index contributed by atoms with van der Waals surface area (Å²) in [5.74, 6) is 0.312. The van der Waals surface area contributed by atoms with Crippen LogP contribution in [-0.2, 0) is 4.79 Å². The van der Waals surface area contributed by atoms with Crippen molar-refractivity contribution in [2.24, 2.45) is 11.3 Å². The fourth-order valence-corrected chi connectivity index (χ4v) is 2.00. The van der Waals surface area contributed by atoms with Crippen LogP contribution >= 0.6 is 0 Å². The van der Waals surface area contributed by atoms with E-state index in [9.17, 15) is 4.79 Å². The van der Waals surface area contributed by atoms with E-state index in [1.165, 1.54) is 6.42 Å². The summed E-state index contributed by atoms with van der Waals surface area (Å²) in [4.78, 5) is 12.0. The van der Waals surface area contributed by atoms with Gasteiger partial charge in [0, 0.05) is 18.1 Å². The first kappa shape index (κ1) is 12.5. The van der Waals surface area contributed by atoms with Crippen LogP contribution in [0.4, 0.5) is 0 Å². The average molecular weight is 213 g/mol.